The molecule has 0 fully saturated rings. The summed E-state index contributed by atoms with van der Waals surface area (Å²) < 4.78 is 37.5. The van der Waals surface area contributed by atoms with Crippen molar-refractivity contribution in [1.82, 2.24) is 14.5 Å². The molecule has 5 nitrogen and oxygen atoms in total. The number of nitrogens with zero attached hydrogens (tertiary/aromatic N) is 2. The molecule has 1 aliphatic rings. The minimum absolute atomic E-state index is 0. The summed E-state index contributed by atoms with van der Waals surface area (Å²) in [6.45, 7) is 4.20. The Hall–Kier alpha value is -2.38. The van der Waals surface area contributed by atoms with Crippen molar-refractivity contribution in [3.63, 3.8) is 0 Å². The summed E-state index contributed by atoms with van der Waals surface area (Å²) >= 11 is 0. The van der Waals surface area contributed by atoms with Crippen LogP contribution in [0.25, 0.3) is 11.0 Å². The Morgan fingerprint density at radius 2 is 1.96 bits per heavy atom. The maximum absolute atomic E-state index is 14.8. The predicted octanol–water partition coefficient (Wildman–Crippen LogP) is 3.65. The van der Waals surface area contributed by atoms with Crippen LogP contribution in [0.15, 0.2) is 41.2 Å². The molecule has 0 radical (unpaired) electrons. The molecule has 1 aliphatic heterocycles. The van der Waals surface area contributed by atoms with Crippen molar-refractivity contribution in [3.05, 3.63) is 64.1 Å². The standard InChI is InChI=1S/C20H21F2N3O2.ClH/c1-11(2)24-15-6-4-5-14(22)19(15)25(20(24)26)18-13-8-7-12(21)9-16(13)27-17(18)10-23-3;/h4-9,11,17-18,23H,10H2,1-3H3;1H/t17-,18+;/m1./s1. The van der Waals surface area contributed by atoms with Crippen molar-refractivity contribution in [1.29, 1.82) is 0 Å². The molecule has 1 N–H and O–H groups in total. The molecule has 4 rings (SSSR count). The second-order valence-electron chi connectivity index (χ2n) is 7.06. The molecule has 2 atom stereocenters. The molecule has 0 spiro atoms. The number of hydrogen-bond donors (Lipinski definition) is 1. The molecular formula is C20H22ClF2N3O2. The molecule has 0 amide bonds. The molecule has 3 aromatic rings. The largest absolute Gasteiger partial charge is 0.486 e. The van der Waals surface area contributed by atoms with Gasteiger partial charge in [0.25, 0.3) is 0 Å². The minimum atomic E-state index is -0.556. The first-order valence-electron chi connectivity index (χ1n) is 8.95. The number of imidazole rings is 1. The summed E-state index contributed by atoms with van der Waals surface area (Å²) in [5.74, 6) is -0.502. The van der Waals surface area contributed by atoms with E-state index in [0.717, 1.165) is 0 Å². The Labute approximate surface area is 167 Å². The Morgan fingerprint density at radius 3 is 2.64 bits per heavy atom. The summed E-state index contributed by atoms with van der Waals surface area (Å²) in [6, 6.07) is 8.24. The Bertz CT molecular complexity index is 1080. The second kappa shape index (κ2) is 7.56. The van der Waals surface area contributed by atoms with Gasteiger partial charge in [0.15, 0.2) is 0 Å². The first-order valence-corrected chi connectivity index (χ1v) is 8.95. The highest BCUT2D eigenvalue weighted by Crippen LogP contribution is 2.40. The van der Waals surface area contributed by atoms with E-state index < -0.39 is 23.8 Å². The number of ether oxygens (including phenoxy) is 1. The normalized spacial score (nSPS) is 18.2. The van der Waals surface area contributed by atoms with E-state index in [0.29, 0.717) is 23.4 Å². The first kappa shape index (κ1) is 20.4. The van der Waals surface area contributed by atoms with Gasteiger partial charge in [0, 0.05) is 24.2 Å². The molecule has 1 aromatic heterocycles. The van der Waals surface area contributed by atoms with E-state index in [1.165, 1.54) is 22.8 Å². The number of hydrogen-bond acceptors (Lipinski definition) is 3. The maximum Gasteiger partial charge on any atom is 0.330 e. The fraction of sp³-hybridized carbons (Fsp3) is 0.350. The second-order valence-corrected chi connectivity index (χ2v) is 7.06. The van der Waals surface area contributed by atoms with Crippen LogP contribution in [-0.4, -0.2) is 28.8 Å². The SMILES string of the molecule is CNC[C@H]1Oc2cc(F)ccc2[C@@H]1n1c(=O)n(C(C)C)c2cccc(F)c21.Cl. The summed E-state index contributed by atoms with van der Waals surface area (Å²) in [6.07, 6.45) is -0.463. The average molecular weight is 410 g/mol. The number of fused-ring (bicyclic) bond motifs is 2. The van der Waals surface area contributed by atoms with Crippen LogP contribution in [0.4, 0.5) is 8.78 Å². The van der Waals surface area contributed by atoms with Crippen molar-refractivity contribution in [3.8, 4) is 5.75 Å². The highest BCUT2D eigenvalue weighted by molar-refractivity contribution is 5.85. The zero-order valence-corrected chi connectivity index (χ0v) is 16.6. The third kappa shape index (κ3) is 2.99. The van der Waals surface area contributed by atoms with E-state index in [4.69, 9.17) is 4.74 Å². The van der Waals surface area contributed by atoms with Crippen LogP contribution in [-0.2, 0) is 0 Å². The van der Waals surface area contributed by atoms with Gasteiger partial charge in [-0.05, 0) is 39.1 Å². The van der Waals surface area contributed by atoms with Gasteiger partial charge in [0.2, 0.25) is 0 Å². The van der Waals surface area contributed by atoms with Crippen LogP contribution >= 0.6 is 12.4 Å². The molecule has 0 bridgehead atoms. The molecule has 0 unspecified atom stereocenters. The topological polar surface area (TPSA) is 48.2 Å². The van der Waals surface area contributed by atoms with Crippen molar-refractivity contribution in [2.75, 3.05) is 13.6 Å². The monoisotopic (exact) mass is 409 g/mol. The van der Waals surface area contributed by atoms with Gasteiger partial charge in [0.1, 0.15) is 35.0 Å². The molecule has 0 saturated carbocycles. The molecular weight excluding hydrogens is 388 g/mol. The lowest BCUT2D eigenvalue weighted by Crippen LogP contribution is -2.38. The summed E-state index contributed by atoms with van der Waals surface area (Å²) in [5, 5.41) is 3.04. The molecule has 0 saturated heterocycles. The fourth-order valence-corrected chi connectivity index (χ4v) is 3.95. The van der Waals surface area contributed by atoms with Crippen LogP contribution in [0.5, 0.6) is 5.75 Å². The number of benzene rings is 2. The number of nitrogens with one attached hydrogen (secondary N) is 1. The van der Waals surface area contributed by atoms with Crippen molar-refractivity contribution < 1.29 is 13.5 Å². The van der Waals surface area contributed by atoms with Gasteiger partial charge < -0.3 is 10.1 Å². The van der Waals surface area contributed by atoms with Crippen LogP contribution in [0.3, 0.4) is 0 Å². The van der Waals surface area contributed by atoms with Crippen LogP contribution in [0.1, 0.15) is 31.5 Å². The molecule has 28 heavy (non-hydrogen) atoms. The van der Waals surface area contributed by atoms with Gasteiger partial charge >= 0.3 is 5.69 Å². The van der Waals surface area contributed by atoms with Crippen molar-refractivity contribution >= 4 is 23.4 Å². The van der Waals surface area contributed by atoms with E-state index in [1.807, 2.05) is 13.8 Å². The molecule has 2 aromatic carbocycles. The van der Waals surface area contributed by atoms with Gasteiger partial charge in [-0.25, -0.2) is 13.6 Å². The number of likely N-dealkylation sites (N-methyl/N-ethyl adjacent to an activating group) is 1. The van der Waals surface area contributed by atoms with E-state index in [9.17, 15) is 13.6 Å². The van der Waals surface area contributed by atoms with Crippen molar-refractivity contribution in [2.45, 2.75) is 32.0 Å². The minimum Gasteiger partial charge on any atom is -0.486 e. The Kier molecular flexibility index (Phi) is 5.50. The van der Waals surface area contributed by atoms with Crippen LogP contribution in [0, 0.1) is 11.6 Å². The Morgan fingerprint density at radius 1 is 1.21 bits per heavy atom. The molecule has 8 heteroatoms. The van der Waals surface area contributed by atoms with Gasteiger partial charge in [-0.1, -0.05) is 12.1 Å². The maximum atomic E-state index is 14.8. The quantitative estimate of drug-likeness (QED) is 0.715. The van der Waals surface area contributed by atoms with Gasteiger partial charge in [-0.3, -0.25) is 9.13 Å². The van der Waals surface area contributed by atoms with Gasteiger partial charge in [-0.2, -0.15) is 0 Å². The van der Waals surface area contributed by atoms with E-state index in [1.54, 1.807) is 29.8 Å². The molecule has 150 valence electrons. The smallest absolute Gasteiger partial charge is 0.330 e. The Balaban J connectivity index is 0.00000225. The summed E-state index contributed by atoms with van der Waals surface area (Å²) in [4.78, 5) is 13.3. The fourth-order valence-electron chi connectivity index (χ4n) is 3.95. The number of para-hydroxylation sites is 1. The molecule has 2 heterocycles. The van der Waals surface area contributed by atoms with Crippen LogP contribution in [0.2, 0.25) is 0 Å². The predicted molar refractivity (Wildman–Crippen MR) is 107 cm³/mol. The van der Waals surface area contributed by atoms with Gasteiger partial charge in [-0.15, -0.1) is 12.4 Å². The van der Waals surface area contributed by atoms with E-state index >= 15 is 0 Å². The number of rotatable bonds is 4. The van der Waals surface area contributed by atoms with Gasteiger partial charge in [0.05, 0.1) is 5.52 Å². The third-order valence-electron chi connectivity index (χ3n) is 5.00. The highest BCUT2D eigenvalue weighted by atomic mass is 35.5. The lowest BCUT2D eigenvalue weighted by molar-refractivity contribution is 0.191. The zero-order valence-electron chi connectivity index (χ0n) is 15.8. The van der Waals surface area contributed by atoms with E-state index in [-0.39, 0.29) is 29.7 Å². The number of halogens is 3. The lowest BCUT2D eigenvalue weighted by atomic mass is 10.0. The first-order chi connectivity index (χ1) is 12.9. The van der Waals surface area contributed by atoms with Crippen LogP contribution < -0.4 is 15.7 Å². The number of aromatic nitrogens is 2. The summed E-state index contributed by atoms with van der Waals surface area (Å²) in [5.41, 5.74) is 1.14. The average Bonchev–Trinajstić information content (AvgIpc) is 3.09. The lowest BCUT2D eigenvalue weighted by Gasteiger charge is -2.20. The summed E-state index contributed by atoms with van der Waals surface area (Å²) in [7, 11) is 1.77. The van der Waals surface area contributed by atoms with E-state index in [2.05, 4.69) is 5.32 Å². The van der Waals surface area contributed by atoms with Crippen molar-refractivity contribution in [2.24, 2.45) is 0 Å². The third-order valence-corrected chi connectivity index (χ3v) is 5.00. The zero-order chi connectivity index (χ0) is 19.3. The molecule has 0 aliphatic carbocycles. The highest BCUT2D eigenvalue weighted by Gasteiger charge is 2.38.